The molecule has 0 spiro atoms. The molecule has 1 aliphatic carbocycles. The third kappa shape index (κ3) is 5.57. The second-order valence-corrected chi connectivity index (χ2v) is 10.2. The zero-order valence-electron chi connectivity index (χ0n) is 17.0. The van der Waals surface area contributed by atoms with Crippen molar-refractivity contribution in [3.8, 4) is 0 Å². The molecule has 7 nitrogen and oxygen atoms in total. The minimum absolute atomic E-state index is 0.0332. The molecule has 160 valence electrons. The smallest absolute Gasteiger partial charge is 0.253 e. The van der Waals surface area contributed by atoms with Crippen LogP contribution in [0.15, 0.2) is 24.3 Å². The molecule has 1 saturated carbocycles. The Bertz CT molecular complexity index is 834. The third-order valence-corrected chi connectivity index (χ3v) is 7.73. The van der Waals surface area contributed by atoms with Crippen LogP contribution >= 0.6 is 0 Å². The van der Waals surface area contributed by atoms with E-state index in [1.54, 1.807) is 31.2 Å². The van der Waals surface area contributed by atoms with Gasteiger partial charge < -0.3 is 10.6 Å². The van der Waals surface area contributed by atoms with Crippen molar-refractivity contribution in [3.63, 3.8) is 0 Å². The molecule has 1 aromatic rings. The molecular formula is C21H31N3O4S. The molecule has 2 aliphatic rings. The Hall–Kier alpha value is -1.93. The van der Waals surface area contributed by atoms with E-state index >= 15 is 0 Å². The van der Waals surface area contributed by atoms with Crippen LogP contribution < -0.4 is 10.6 Å². The van der Waals surface area contributed by atoms with Gasteiger partial charge in [0.25, 0.3) is 5.91 Å². The van der Waals surface area contributed by atoms with Crippen molar-refractivity contribution in [1.82, 2.24) is 9.62 Å². The monoisotopic (exact) mass is 421 g/mol. The van der Waals surface area contributed by atoms with Gasteiger partial charge in [-0.25, -0.2) is 12.7 Å². The minimum Gasteiger partial charge on any atom is -0.349 e. The molecule has 2 N–H and O–H groups in total. The van der Waals surface area contributed by atoms with Crippen molar-refractivity contribution in [1.29, 1.82) is 0 Å². The quantitative estimate of drug-likeness (QED) is 0.738. The Morgan fingerprint density at radius 3 is 2.52 bits per heavy atom. The fraction of sp³-hybridized carbons (Fsp3) is 0.619. The fourth-order valence-electron chi connectivity index (χ4n) is 4.13. The second-order valence-electron chi connectivity index (χ2n) is 7.94. The number of sulfonamides is 1. The zero-order chi connectivity index (χ0) is 20.9. The summed E-state index contributed by atoms with van der Waals surface area (Å²) in [6.45, 7) is 2.26. The molecule has 3 rings (SSSR count). The van der Waals surface area contributed by atoms with Crippen LogP contribution in [0.5, 0.6) is 0 Å². The number of hydrogen-bond donors (Lipinski definition) is 2. The van der Waals surface area contributed by atoms with Gasteiger partial charge in [-0.15, -0.1) is 0 Å². The predicted molar refractivity (Wildman–Crippen MR) is 113 cm³/mol. The average molecular weight is 422 g/mol. The average Bonchev–Trinajstić information content (AvgIpc) is 2.75. The van der Waals surface area contributed by atoms with E-state index in [9.17, 15) is 18.0 Å². The van der Waals surface area contributed by atoms with Gasteiger partial charge in [0.05, 0.1) is 22.9 Å². The summed E-state index contributed by atoms with van der Waals surface area (Å²) in [5, 5.41) is 5.95. The number of anilines is 1. The number of benzene rings is 1. The molecule has 1 heterocycles. The number of amides is 2. The van der Waals surface area contributed by atoms with Crippen LogP contribution in [0.3, 0.4) is 0 Å². The number of para-hydroxylation sites is 1. The van der Waals surface area contributed by atoms with Gasteiger partial charge in [0, 0.05) is 19.1 Å². The first-order valence-corrected chi connectivity index (χ1v) is 12.2. The molecule has 2 fully saturated rings. The lowest BCUT2D eigenvalue weighted by molar-refractivity contribution is -0.120. The van der Waals surface area contributed by atoms with Gasteiger partial charge in [0.2, 0.25) is 15.9 Å². The van der Waals surface area contributed by atoms with Crippen LogP contribution in [-0.2, 0) is 14.8 Å². The lowest BCUT2D eigenvalue weighted by Crippen LogP contribution is -2.44. The van der Waals surface area contributed by atoms with Gasteiger partial charge in [0.15, 0.2) is 0 Å². The van der Waals surface area contributed by atoms with Gasteiger partial charge in [-0.1, -0.05) is 31.4 Å². The maximum Gasteiger partial charge on any atom is 0.253 e. The van der Waals surface area contributed by atoms with Crippen molar-refractivity contribution < 1.29 is 18.0 Å². The van der Waals surface area contributed by atoms with Gasteiger partial charge in [0.1, 0.15) is 0 Å². The third-order valence-electron chi connectivity index (χ3n) is 5.88. The van der Waals surface area contributed by atoms with Crippen molar-refractivity contribution in [2.45, 2.75) is 57.9 Å². The van der Waals surface area contributed by atoms with E-state index in [-0.39, 0.29) is 30.2 Å². The Labute approximate surface area is 173 Å². The van der Waals surface area contributed by atoms with Gasteiger partial charge in [-0.2, -0.15) is 0 Å². The summed E-state index contributed by atoms with van der Waals surface area (Å²) in [5.41, 5.74) is 0.918. The Morgan fingerprint density at radius 1 is 1.07 bits per heavy atom. The predicted octanol–water partition coefficient (Wildman–Crippen LogP) is 2.75. The Kier molecular flexibility index (Phi) is 7.29. The maximum atomic E-state index is 12.8. The molecule has 8 heteroatoms. The van der Waals surface area contributed by atoms with E-state index in [1.165, 1.54) is 10.7 Å². The minimum atomic E-state index is -3.31. The van der Waals surface area contributed by atoms with Crippen LogP contribution in [0, 0.1) is 5.92 Å². The van der Waals surface area contributed by atoms with Crippen LogP contribution in [-0.4, -0.2) is 49.4 Å². The molecule has 1 saturated heterocycles. The number of piperidine rings is 1. The molecule has 1 aromatic carbocycles. The van der Waals surface area contributed by atoms with E-state index < -0.39 is 15.9 Å². The summed E-state index contributed by atoms with van der Waals surface area (Å²) in [5.74, 6) is -0.795. The van der Waals surface area contributed by atoms with Crippen molar-refractivity contribution >= 4 is 27.5 Å². The Morgan fingerprint density at radius 2 is 1.79 bits per heavy atom. The maximum absolute atomic E-state index is 12.8. The van der Waals surface area contributed by atoms with E-state index in [2.05, 4.69) is 10.6 Å². The number of carbonyl (C=O) groups is 2. The lowest BCUT2D eigenvalue weighted by atomic mass is 9.95. The molecule has 0 unspecified atom stereocenters. The van der Waals surface area contributed by atoms with Crippen molar-refractivity contribution in [3.05, 3.63) is 29.8 Å². The summed E-state index contributed by atoms with van der Waals surface area (Å²) in [7, 11) is -3.31. The highest BCUT2D eigenvalue weighted by molar-refractivity contribution is 7.89. The number of rotatable bonds is 6. The number of carbonyl (C=O) groups excluding carboxylic acids is 2. The van der Waals surface area contributed by atoms with E-state index in [4.69, 9.17) is 0 Å². The van der Waals surface area contributed by atoms with Crippen molar-refractivity contribution in [2.75, 3.05) is 24.2 Å². The van der Waals surface area contributed by atoms with E-state index in [1.807, 2.05) is 0 Å². The molecule has 2 amide bonds. The number of nitrogens with one attached hydrogen (secondary N) is 2. The number of nitrogens with zero attached hydrogens (tertiary/aromatic N) is 1. The van der Waals surface area contributed by atoms with Crippen LogP contribution in [0.1, 0.15) is 62.2 Å². The fourth-order valence-corrected chi connectivity index (χ4v) is 5.31. The first-order chi connectivity index (χ1) is 13.9. The second kappa shape index (κ2) is 9.71. The highest BCUT2D eigenvalue weighted by Crippen LogP contribution is 2.23. The molecule has 29 heavy (non-hydrogen) atoms. The highest BCUT2D eigenvalue weighted by Gasteiger charge is 2.32. The van der Waals surface area contributed by atoms with Gasteiger partial charge in [-0.05, 0) is 44.7 Å². The normalized spacial score (nSPS) is 21.5. The summed E-state index contributed by atoms with van der Waals surface area (Å²) in [6.07, 6.45) is 6.74. The van der Waals surface area contributed by atoms with E-state index in [0.29, 0.717) is 30.6 Å². The Balaban J connectivity index is 1.66. The summed E-state index contributed by atoms with van der Waals surface area (Å²) >= 11 is 0. The largest absolute Gasteiger partial charge is 0.349 e. The molecule has 1 aliphatic heterocycles. The van der Waals surface area contributed by atoms with E-state index in [0.717, 1.165) is 25.7 Å². The number of hydrogen-bond acceptors (Lipinski definition) is 4. The summed E-state index contributed by atoms with van der Waals surface area (Å²) in [4.78, 5) is 25.6. The zero-order valence-corrected chi connectivity index (χ0v) is 17.8. The van der Waals surface area contributed by atoms with Crippen LogP contribution in [0.4, 0.5) is 5.69 Å². The van der Waals surface area contributed by atoms with Crippen LogP contribution in [0.2, 0.25) is 0 Å². The lowest BCUT2D eigenvalue weighted by Gasteiger charge is -2.31. The standard InChI is InChI=1S/C21H31N3O4S/c1-2-29(27,28)24-14-8-9-16(15-24)20(25)23-19-13-7-6-12-18(19)21(26)22-17-10-4-3-5-11-17/h6-7,12-13,16-17H,2-5,8-11,14-15H2,1H3,(H,22,26)(H,23,25)/t16-/m1/s1. The molecule has 0 aromatic heterocycles. The molecule has 1 atom stereocenters. The first-order valence-electron chi connectivity index (χ1n) is 10.6. The molecule has 0 bridgehead atoms. The first kappa shape index (κ1) is 21.8. The van der Waals surface area contributed by atoms with Gasteiger partial charge >= 0.3 is 0 Å². The highest BCUT2D eigenvalue weighted by atomic mass is 32.2. The van der Waals surface area contributed by atoms with Gasteiger partial charge in [-0.3, -0.25) is 9.59 Å². The topological polar surface area (TPSA) is 95.6 Å². The van der Waals surface area contributed by atoms with Crippen LogP contribution in [0.25, 0.3) is 0 Å². The summed E-state index contributed by atoms with van der Waals surface area (Å²) < 4.78 is 25.7. The molecule has 0 radical (unpaired) electrons. The SMILES string of the molecule is CCS(=O)(=O)N1CCC[C@@H](C(=O)Nc2ccccc2C(=O)NC2CCCCC2)C1. The summed E-state index contributed by atoms with van der Waals surface area (Å²) in [6, 6.07) is 7.18. The molecular weight excluding hydrogens is 390 g/mol. The van der Waals surface area contributed by atoms with Crippen molar-refractivity contribution in [2.24, 2.45) is 5.92 Å².